The molecule has 0 unspecified atom stereocenters. The Morgan fingerprint density at radius 2 is 1.84 bits per heavy atom. The number of para-hydroxylation sites is 1. The van der Waals surface area contributed by atoms with E-state index in [2.05, 4.69) is 22.4 Å². The van der Waals surface area contributed by atoms with Gasteiger partial charge in [-0.2, -0.15) is 10.2 Å². The molecule has 0 aliphatic carbocycles. The third-order valence-electron chi connectivity index (χ3n) is 5.80. The fourth-order valence-corrected chi connectivity index (χ4v) is 4.12. The number of aromatic nitrogens is 5. The Morgan fingerprint density at radius 1 is 1.10 bits per heavy atom. The maximum absolute atomic E-state index is 13.3. The Bertz CT molecular complexity index is 1280. The van der Waals surface area contributed by atoms with E-state index in [-0.39, 0.29) is 11.9 Å². The fourth-order valence-electron chi connectivity index (χ4n) is 4.12. The van der Waals surface area contributed by atoms with E-state index >= 15 is 0 Å². The SMILES string of the molecule is Cc1nn(C)cc1-c1cc(C(=O)N[C@@H](C)Cc2c(C)nn(C)c2C)c2ccccc2n1. The highest BCUT2D eigenvalue weighted by Crippen LogP contribution is 2.26. The van der Waals surface area contributed by atoms with Crippen molar-refractivity contribution < 1.29 is 4.79 Å². The van der Waals surface area contributed by atoms with Gasteiger partial charge in [0, 0.05) is 43.0 Å². The number of rotatable bonds is 5. The van der Waals surface area contributed by atoms with E-state index < -0.39 is 0 Å². The maximum atomic E-state index is 13.3. The fraction of sp³-hybridized carbons (Fsp3) is 0.333. The highest BCUT2D eigenvalue weighted by molar-refractivity contribution is 6.07. The Hall–Kier alpha value is -3.48. The first-order valence-corrected chi connectivity index (χ1v) is 10.4. The van der Waals surface area contributed by atoms with Crippen LogP contribution in [-0.2, 0) is 20.5 Å². The van der Waals surface area contributed by atoms with Crippen LogP contribution < -0.4 is 5.32 Å². The molecule has 0 aliphatic rings. The van der Waals surface area contributed by atoms with Crippen molar-refractivity contribution >= 4 is 16.8 Å². The number of carbonyl (C=O) groups is 1. The smallest absolute Gasteiger partial charge is 0.252 e. The molecule has 0 saturated heterocycles. The third-order valence-corrected chi connectivity index (χ3v) is 5.80. The summed E-state index contributed by atoms with van der Waals surface area (Å²) in [4.78, 5) is 18.1. The molecule has 7 heteroatoms. The molecule has 7 nitrogen and oxygen atoms in total. The average Bonchev–Trinajstić information content (AvgIpc) is 3.19. The van der Waals surface area contributed by atoms with E-state index in [4.69, 9.17) is 4.98 Å². The molecule has 1 N–H and O–H groups in total. The lowest BCUT2D eigenvalue weighted by atomic mass is 10.0. The van der Waals surface area contributed by atoms with Crippen LogP contribution in [0.1, 0.15) is 39.9 Å². The van der Waals surface area contributed by atoms with Gasteiger partial charge in [0.15, 0.2) is 0 Å². The van der Waals surface area contributed by atoms with Crippen molar-refractivity contribution in [3.63, 3.8) is 0 Å². The van der Waals surface area contributed by atoms with Gasteiger partial charge in [0.25, 0.3) is 5.91 Å². The zero-order valence-corrected chi connectivity index (χ0v) is 18.9. The minimum absolute atomic E-state index is 0.0374. The third kappa shape index (κ3) is 3.95. The summed E-state index contributed by atoms with van der Waals surface area (Å²) in [6.07, 6.45) is 2.67. The highest BCUT2D eigenvalue weighted by Gasteiger charge is 2.19. The molecule has 31 heavy (non-hydrogen) atoms. The van der Waals surface area contributed by atoms with E-state index in [1.54, 1.807) is 4.68 Å². The van der Waals surface area contributed by atoms with E-state index in [1.807, 2.05) is 76.1 Å². The number of aryl methyl sites for hydroxylation is 4. The second-order valence-corrected chi connectivity index (χ2v) is 8.23. The van der Waals surface area contributed by atoms with Crippen LogP contribution in [0.5, 0.6) is 0 Å². The molecule has 0 radical (unpaired) electrons. The number of nitrogens with one attached hydrogen (secondary N) is 1. The minimum atomic E-state index is -0.104. The molecule has 1 aromatic carbocycles. The molecule has 0 fully saturated rings. The Labute approximate surface area is 182 Å². The largest absolute Gasteiger partial charge is 0.349 e. The lowest BCUT2D eigenvalue weighted by Gasteiger charge is -2.16. The first kappa shape index (κ1) is 20.8. The molecule has 1 amide bonds. The molecule has 1 atom stereocenters. The zero-order valence-electron chi connectivity index (χ0n) is 18.9. The van der Waals surface area contributed by atoms with Crippen LogP contribution in [0.15, 0.2) is 36.5 Å². The number of pyridine rings is 1. The molecule has 3 aromatic heterocycles. The predicted octanol–water partition coefficient (Wildman–Crippen LogP) is 3.66. The van der Waals surface area contributed by atoms with Gasteiger partial charge in [-0.15, -0.1) is 0 Å². The molecule has 0 bridgehead atoms. The molecule has 0 aliphatic heterocycles. The quantitative estimate of drug-likeness (QED) is 0.539. The average molecular weight is 417 g/mol. The first-order valence-electron chi connectivity index (χ1n) is 10.4. The molecule has 0 saturated carbocycles. The van der Waals surface area contributed by atoms with Crippen LogP contribution in [0, 0.1) is 20.8 Å². The van der Waals surface area contributed by atoms with Crippen molar-refractivity contribution in [3.05, 3.63) is 64.7 Å². The lowest BCUT2D eigenvalue weighted by molar-refractivity contribution is 0.0941. The molecular formula is C24H28N6O. The van der Waals surface area contributed by atoms with E-state index in [0.29, 0.717) is 5.56 Å². The van der Waals surface area contributed by atoms with Crippen molar-refractivity contribution in [3.8, 4) is 11.3 Å². The van der Waals surface area contributed by atoms with Crippen molar-refractivity contribution in [1.29, 1.82) is 0 Å². The normalized spacial score (nSPS) is 12.3. The summed E-state index contributed by atoms with van der Waals surface area (Å²) >= 11 is 0. The number of fused-ring (bicyclic) bond motifs is 1. The van der Waals surface area contributed by atoms with Gasteiger partial charge in [0.1, 0.15) is 0 Å². The highest BCUT2D eigenvalue weighted by atomic mass is 16.1. The van der Waals surface area contributed by atoms with Gasteiger partial charge in [-0.1, -0.05) is 18.2 Å². The first-order chi connectivity index (χ1) is 14.7. The Kier molecular flexibility index (Phi) is 5.35. The van der Waals surface area contributed by atoms with Crippen molar-refractivity contribution in [2.75, 3.05) is 0 Å². The van der Waals surface area contributed by atoms with Crippen LogP contribution in [0.4, 0.5) is 0 Å². The van der Waals surface area contributed by atoms with Gasteiger partial charge in [-0.25, -0.2) is 4.98 Å². The molecular weight excluding hydrogens is 388 g/mol. The second-order valence-electron chi connectivity index (χ2n) is 8.23. The lowest BCUT2D eigenvalue weighted by Crippen LogP contribution is -2.34. The molecule has 0 spiro atoms. The number of nitrogens with zero attached hydrogens (tertiary/aromatic N) is 5. The van der Waals surface area contributed by atoms with Crippen LogP contribution in [-0.4, -0.2) is 36.5 Å². The predicted molar refractivity (Wildman–Crippen MR) is 122 cm³/mol. The maximum Gasteiger partial charge on any atom is 0.252 e. The van der Waals surface area contributed by atoms with Crippen LogP contribution >= 0.6 is 0 Å². The number of benzene rings is 1. The topological polar surface area (TPSA) is 77.6 Å². The monoisotopic (exact) mass is 416 g/mol. The van der Waals surface area contributed by atoms with E-state index in [1.165, 1.54) is 5.56 Å². The van der Waals surface area contributed by atoms with Gasteiger partial charge in [-0.05, 0) is 51.8 Å². The van der Waals surface area contributed by atoms with Gasteiger partial charge >= 0.3 is 0 Å². The zero-order chi connectivity index (χ0) is 22.3. The van der Waals surface area contributed by atoms with Gasteiger partial charge in [0.2, 0.25) is 0 Å². The van der Waals surface area contributed by atoms with E-state index in [9.17, 15) is 4.79 Å². The minimum Gasteiger partial charge on any atom is -0.349 e. The molecule has 160 valence electrons. The van der Waals surface area contributed by atoms with Crippen molar-refractivity contribution in [1.82, 2.24) is 29.9 Å². The summed E-state index contributed by atoms with van der Waals surface area (Å²) in [6, 6.07) is 9.58. The Morgan fingerprint density at radius 3 is 2.48 bits per heavy atom. The number of hydrogen-bond donors (Lipinski definition) is 1. The van der Waals surface area contributed by atoms with Crippen LogP contribution in [0.3, 0.4) is 0 Å². The van der Waals surface area contributed by atoms with Gasteiger partial charge in [0.05, 0.1) is 28.2 Å². The van der Waals surface area contributed by atoms with Crippen molar-refractivity contribution in [2.45, 2.75) is 40.2 Å². The Balaban J connectivity index is 1.67. The number of carbonyl (C=O) groups excluding carboxylic acids is 1. The summed E-state index contributed by atoms with van der Waals surface area (Å²) in [5.41, 5.74) is 7.29. The van der Waals surface area contributed by atoms with Crippen LogP contribution in [0.2, 0.25) is 0 Å². The molecule has 4 rings (SSSR count). The summed E-state index contributed by atoms with van der Waals surface area (Å²) in [5, 5.41) is 12.9. The summed E-state index contributed by atoms with van der Waals surface area (Å²) in [6.45, 7) is 8.05. The standard InChI is InChI=1S/C24H28N6O/c1-14(11-19-15(2)28-30(6)17(19)4)25-24(31)20-12-23(21-13-29(5)27-16(21)3)26-22-10-8-7-9-18(20)22/h7-10,12-14H,11H2,1-6H3,(H,25,31)/t14-/m0/s1. The van der Waals surface area contributed by atoms with Gasteiger partial charge < -0.3 is 5.32 Å². The van der Waals surface area contributed by atoms with Gasteiger partial charge in [-0.3, -0.25) is 14.2 Å². The summed E-state index contributed by atoms with van der Waals surface area (Å²) in [7, 11) is 3.83. The molecule has 4 aromatic rings. The van der Waals surface area contributed by atoms with Crippen LogP contribution in [0.25, 0.3) is 22.2 Å². The van der Waals surface area contributed by atoms with E-state index in [0.717, 1.165) is 45.7 Å². The second kappa shape index (κ2) is 7.98. The number of hydrogen-bond acceptors (Lipinski definition) is 4. The molecule has 3 heterocycles. The summed E-state index contributed by atoms with van der Waals surface area (Å²) in [5.74, 6) is -0.104. The summed E-state index contributed by atoms with van der Waals surface area (Å²) < 4.78 is 3.65. The van der Waals surface area contributed by atoms with Crippen molar-refractivity contribution in [2.24, 2.45) is 14.1 Å². The number of amides is 1.